The summed E-state index contributed by atoms with van der Waals surface area (Å²) < 4.78 is 8.39. The Bertz CT molecular complexity index is 544. The average molecular weight is 287 g/mol. The summed E-state index contributed by atoms with van der Waals surface area (Å²) in [6.45, 7) is 3.23. The van der Waals surface area contributed by atoms with Gasteiger partial charge in [-0.05, 0) is 37.2 Å². The molecule has 0 N–H and O–H groups in total. The van der Waals surface area contributed by atoms with E-state index in [-0.39, 0.29) is 0 Å². The molecule has 106 valence electrons. The van der Waals surface area contributed by atoms with Gasteiger partial charge in [0.05, 0.1) is 6.61 Å². The zero-order chi connectivity index (χ0) is 13.6. The molecule has 2 heterocycles. The molecule has 2 aliphatic heterocycles. The maximum absolute atomic E-state index is 6.00. The van der Waals surface area contributed by atoms with Crippen molar-refractivity contribution in [1.82, 2.24) is 4.67 Å². The van der Waals surface area contributed by atoms with Crippen LogP contribution in [0.5, 0.6) is 5.75 Å². The normalized spacial score (nSPS) is 37.9. The first-order valence-electron chi connectivity index (χ1n) is 7.69. The number of fused-ring (bicyclic) bond motifs is 5. The second-order valence-electron chi connectivity index (χ2n) is 6.36. The molecule has 0 bridgehead atoms. The monoisotopic (exact) mass is 287 g/mol. The largest absolute Gasteiger partial charge is 0.492 e. The first-order valence-corrected chi connectivity index (χ1v) is 8.21. The first kappa shape index (κ1) is 12.9. The molecule has 1 spiro atoms. The van der Waals surface area contributed by atoms with Crippen LogP contribution >= 0.6 is 9.39 Å². The van der Waals surface area contributed by atoms with Crippen LogP contribution < -0.4 is 4.74 Å². The van der Waals surface area contributed by atoms with Crippen LogP contribution in [0.2, 0.25) is 0 Å². The minimum atomic E-state index is 0.316. The van der Waals surface area contributed by atoms with E-state index in [0.29, 0.717) is 5.41 Å². The standard InChI is InChI=1S/C17H22NOP/c20-18-10-5-1-2-6-13-14(9-11-18)17(13)12-19-16-8-4-3-7-15(16)17/h1-4,7-8,13-14H,5-6,9-12,20H2/b2-1-. The van der Waals surface area contributed by atoms with Gasteiger partial charge in [-0.15, -0.1) is 0 Å². The molecule has 3 aliphatic rings. The van der Waals surface area contributed by atoms with Gasteiger partial charge in [-0.3, -0.25) is 4.67 Å². The Kier molecular flexibility index (Phi) is 3.12. The third-order valence-electron chi connectivity index (χ3n) is 5.42. The number of hydrogen-bond donors (Lipinski definition) is 0. The predicted octanol–water partition coefficient (Wildman–Crippen LogP) is 3.40. The van der Waals surface area contributed by atoms with Crippen LogP contribution in [0.15, 0.2) is 36.4 Å². The quantitative estimate of drug-likeness (QED) is 0.535. The van der Waals surface area contributed by atoms with Crippen molar-refractivity contribution in [3.63, 3.8) is 0 Å². The van der Waals surface area contributed by atoms with Crippen molar-refractivity contribution in [2.75, 3.05) is 19.7 Å². The molecule has 4 rings (SSSR count). The molecule has 4 unspecified atom stereocenters. The molecule has 0 aromatic heterocycles. The van der Waals surface area contributed by atoms with Crippen molar-refractivity contribution >= 4 is 9.39 Å². The summed E-state index contributed by atoms with van der Waals surface area (Å²) in [5.41, 5.74) is 1.79. The van der Waals surface area contributed by atoms with Gasteiger partial charge >= 0.3 is 0 Å². The van der Waals surface area contributed by atoms with Gasteiger partial charge in [0.1, 0.15) is 5.75 Å². The lowest BCUT2D eigenvalue weighted by Crippen LogP contribution is -2.18. The predicted molar refractivity (Wildman–Crippen MR) is 84.9 cm³/mol. The molecule has 1 aliphatic carbocycles. The topological polar surface area (TPSA) is 12.5 Å². The summed E-state index contributed by atoms with van der Waals surface area (Å²) in [7, 11) is 2.88. The number of benzene rings is 1. The van der Waals surface area contributed by atoms with E-state index in [0.717, 1.165) is 30.7 Å². The number of nitrogens with zero attached hydrogens (tertiary/aromatic N) is 1. The zero-order valence-electron chi connectivity index (χ0n) is 11.8. The van der Waals surface area contributed by atoms with E-state index in [2.05, 4.69) is 50.5 Å². The van der Waals surface area contributed by atoms with Crippen molar-refractivity contribution in [2.45, 2.75) is 24.7 Å². The summed E-state index contributed by atoms with van der Waals surface area (Å²) in [6.07, 6.45) is 8.43. The minimum Gasteiger partial charge on any atom is -0.492 e. The third kappa shape index (κ3) is 1.85. The Morgan fingerprint density at radius 2 is 2.05 bits per heavy atom. The summed E-state index contributed by atoms with van der Waals surface area (Å²) in [5.74, 6) is 2.69. The van der Waals surface area contributed by atoms with Crippen molar-refractivity contribution < 1.29 is 4.74 Å². The van der Waals surface area contributed by atoms with E-state index in [4.69, 9.17) is 4.74 Å². The highest BCUT2D eigenvalue weighted by molar-refractivity contribution is 7.13. The fraction of sp³-hybridized carbons (Fsp3) is 0.529. The second-order valence-corrected chi connectivity index (χ2v) is 7.09. The third-order valence-corrected chi connectivity index (χ3v) is 5.94. The van der Waals surface area contributed by atoms with Gasteiger partial charge in [0.15, 0.2) is 0 Å². The van der Waals surface area contributed by atoms with Crippen molar-refractivity contribution in [3.05, 3.63) is 42.0 Å². The molecule has 1 saturated carbocycles. The highest BCUT2D eigenvalue weighted by Gasteiger charge is 2.67. The molecule has 0 radical (unpaired) electrons. The van der Waals surface area contributed by atoms with Crippen molar-refractivity contribution in [1.29, 1.82) is 0 Å². The van der Waals surface area contributed by atoms with Crippen molar-refractivity contribution in [2.24, 2.45) is 11.8 Å². The number of para-hydroxylation sites is 1. The molecule has 1 fully saturated rings. The Balaban J connectivity index is 1.65. The summed E-state index contributed by atoms with van der Waals surface area (Å²) in [5, 5.41) is 0. The molecule has 1 aromatic carbocycles. The number of rotatable bonds is 0. The van der Waals surface area contributed by atoms with Crippen molar-refractivity contribution in [3.8, 4) is 5.75 Å². The number of ether oxygens (including phenoxy) is 1. The number of allylic oxidation sites excluding steroid dienone is 1. The molecule has 0 amide bonds. The molecule has 4 atom stereocenters. The lowest BCUT2D eigenvalue weighted by molar-refractivity contribution is 0.305. The van der Waals surface area contributed by atoms with Crippen LogP contribution in [0.3, 0.4) is 0 Å². The van der Waals surface area contributed by atoms with Gasteiger partial charge in [0.25, 0.3) is 0 Å². The lowest BCUT2D eigenvalue weighted by Gasteiger charge is -2.16. The van der Waals surface area contributed by atoms with Crippen LogP contribution in [0.1, 0.15) is 24.8 Å². The van der Waals surface area contributed by atoms with E-state index < -0.39 is 0 Å². The lowest BCUT2D eigenvalue weighted by atomic mass is 9.92. The van der Waals surface area contributed by atoms with Gasteiger partial charge in [-0.1, -0.05) is 39.7 Å². The minimum absolute atomic E-state index is 0.316. The summed E-state index contributed by atoms with van der Waals surface area (Å²) >= 11 is 0. The van der Waals surface area contributed by atoms with Crippen LogP contribution in [-0.4, -0.2) is 24.4 Å². The van der Waals surface area contributed by atoms with E-state index in [1.54, 1.807) is 0 Å². The van der Waals surface area contributed by atoms with Gasteiger partial charge in [-0.2, -0.15) is 0 Å². The van der Waals surface area contributed by atoms with Crippen LogP contribution in [0.25, 0.3) is 0 Å². The highest BCUT2D eigenvalue weighted by Crippen LogP contribution is 2.67. The Morgan fingerprint density at radius 3 is 3.00 bits per heavy atom. The maximum Gasteiger partial charge on any atom is 0.123 e. The molecule has 3 heteroatoms. The molecule has 0 saturated heterocycles. The van der Waals surface area contributed by atoms with Gasteiger partial charge in [-0.25, -0.2) is 0 Å². The van der Waals surface area contributed by atoms with Gasteiger partial charge < -0.3 is 4.74 Å². The Hall–Kier alpha value is -0.850. The fourth-order valence-electron chi connectivity index (χ4n) is 4.32. The first-order chi connectivity index (χ1) is 9.82. The molecule has 20 heavy (non-hydrogen) atoms. The second kappa shape index (κ2) is 4.86. The van der Waals surface area contributed by atoms with Crippen LogP contribution in [-0.2, 0) is 5.41 Å². The zero-order valence-corrected chi connectivity index (χ0v) is 12.9. The van der Waals surface area contributed by atoms with E-state index in [1.165, 1.54) is 31.4 Å². The van der Waals surface area contributed by atoms with Crippen LogP contribution in [0.4, 0.5) is 0 Å². The number of hydrogen-bond acceptors (Lipinski definition) is 2. The van der Waals surface area contributed by atoms with E-state index in [9.17, 15) is 0 Å². The van der Waals surface area contributed by atoms with E-state index in [1.807, 2.05) is 0 Å². The molecular weight excluding hydrogens is 265 g/mol. The highest BCUT2D eigenvalue weighted by atomic mass is 31.0. The van der Waals surface area contributed by atoms with Gasteiger partial charge in [0, 0.05) is 24.1 Å². The van der Waals surface area contributed by atoms with Crippen LogP contribution in [0, 0.1) is 11.8 Å². The molecule has 2 nitrogen and oxygen atoms in total. The Labute approximate surface area is 123 Å². The smallest absolute Gasteiger partial charge is 0.123 e. The summed E-state index contributed by atoms with van der Waals surface area (Å²) in [4.78, 5) is 0. The SMILES string of the molecule is PN1CC/C=C\CC2C(CC1)C21COc2ccccc21. The molecular formula is C17H22NOP. The summed E-state index contributed by atoms with van der Waals surface area (Å²) in [6, 6.07) is 8.67. The fourth-order valence-corrected chi connectivity index (χ4v) is 4.62. The molecule has 1 aromatic rings. The van der Waals surface area contributed by atoms with Gasteiger partial charge in [0.2, 0.25) is 0 Å². The Morgan fingerprint density at radius 1 is 1.15 bits per heavy atom. The maximum atomic E-state index is 6.00. The average Bonchev–Trinajstić information content (AvgIpc) is 2.91. The van der Waals surface area contributed by atoms with E-state index >= 15 is 0 Å².